The zero-order chi connectivity index (χ0) is 17.2. The molecule has 25 heavy (non-hydrogen) atoms. The van der Waals surface area contributed by atoms with Crippen molar-refractivity contribution in [2.75, 3.05) is 7.11 Å². The van der Waals surface area contributed by atoms with Gasteiger partial charge in [0, 0.05) is 16.3 Å². The highest BCUT2D eigenvalue weighted by Crippen LogP contribution is 2.31. The molecule has 0 saturated heterocycles. The monoisotopic (exact) mass is 350 g/mol. The summed E-state index contributed by atoms with van der Waals surface area (Å²) in [5.74, 6) is 0.582. The van der Waals surface area contributed by atoms with Crippen molar-refractivity contribution in [2.24, 2.45) is 5.16 Å². The summed E-state index contributed by atoms with van der Waals surface area (Å²) in [6, 6.07) is 17.4. The molecule has 0 saturated carbocycles. The van der Waals surface area contributed by atoms with Crippen molar-refractivity contribution in [3.8, 4) is 27.6 Å². The molecule has 0 fully saturated rings. The molecular formula is C19H14N2O3S. The average molecular weight is 350 g/mol. The van der Waals surface area contributed by atoms with Crippen LogP contribution in [0.2, 0.25) is 0 Å². The topological polar surface area (TPSA) is 67.9 Å². The molecule has 4 rings (SSSR count). The number of nitrogens with zero attached hydrogens (tertiary/aromatic N) is 2. The van der Waals surface area contributed by atoms with E-state index in [-0.39, 0.29) is 5.55 Å². The van der Waals surface area contributed by atoms with E-state index in [4.69, 9.17) is 9.15 Å². The van der Waals surface area contributed by atoms with Gasteiger partial charge in [-0.25, -0.2) is 4.98 Å². The number of hydrogen-bond acceptors (Lipinski definition) is 6. The van der Waals surface area contributed by atoms with Gasteiger partial charge < -0.3 is 14.4 Å². The van der Waals surface area contributed by atoms with Gasteiger partial charge in [0.15, 0.2) is 11.3 Å². The number of hydrogen-bond donors (Lipinski definition) is 1. The van der Waals surface area contributed by atoms with Crippen LogP contribution in [-0.4, -0.2) is 17.3 Å². The van der Waals surface area contributed by atoms with Crippen molar-refractivity contribution in [1.29, 1.82) is 0 Å². The summed E-state index contributed by atoms with van der Waals surface area (Å²) in [7, 11) is 1.57. The molecule has 0 spiro atoms. The fraction of sp³-hybridized carbons (Fsp3) is 0.0526. The number of rotatable bonds is 3. The molecule has 0 unspecified atom stereocenters. The van der Waals surface area contributed by atoms with Gasteiger partial charge in [0.2, 0.25) is 0 Å². The van der Waals surface area contributed by atoms with Crippen LogP contribution >= 0.6 is 11.3 Å². The van der Waals surface area contributed by atoms with Gasteiger partial charge in [-0.1, -0.05) is 42.5 Å². The van der Waals surface area contributed by atoms with Gasteiger partial charge in [0.1, 0.15) is 5.01 Å². The highest BCUT2D eigenvalue weighted by Gasteiger charge is 2.14. The van der Waals surface area contributed by atoms with Crippen LogP contribution in [0.25, 0.3) is 32.8 Å². The summed E-state index contributed by atoms with van der Waals surface area (Å²) >= 11 is 1.47. The molecule has 0 radical (unpaired) electrons. The number of thiazole rings is 1. The number of methoxy groups -OCH3 is 1. The number of benzene rings is 2. The van der Waals surface area contributed by atoms with Crippen molar-refractivity contribution in [3.63, 3.8) is 0 Å². The normalized spacial score (nSPS) is 11.8. The summed E-state index contributed by atoms with van der Waals surface area (Å²) < 4.78 is 11.1. The second-order valence-corrected chi connectivity index (χ2v) is 6.21. The van der Waals surface area contributed by atoms with Crippen molar-refractivity contribution in [3.05, 3.63) is 65.5 Å². The van der Waals surface area contributed by atoms with E-state index in [1.54, 1.807) is 13.2 Å². The molecule has 0 atom stereocenters. The van der Waals surface area contributed by atoms with Crippen molar-refractivity contribution >= 4 is 22.3 Å². The minimum Gasteiger partial charge on any atom is -0.493 e. The SMILES string of the molecule is COc1cccc2cc(-c3nc(-c4ccccc4)cs3)/c(=N\O)oc12. The van der Waals surface area contributed by atoms with E-state index in [1.165, 1.54) is 11.3 Å². The lowest BCUT2D eigenvalue weighted by Crippen LogP contribution is -2.06. The standard InChI is InChI=1S/C19H14N2O3S/c1-23-16-9-5-8-13-10-14(18(21-22)24-17(13)16)19-20-15(11-25-19)12-6-3-2-4-7-12/h2-11,22H,1H3/b21-18+. The number of aromatic nitrogens is 1. The molecule has 1 N–H and O–H groups in total. The van der Waals surface area contributed by atoms with E-state index in [0.717, 1.165) is 21.7 Å². The molecule has 6 heteroatoms. The molecule has 124 valence electrons. The molecule has 5 nitrogen and oxygen atoms in total. The zero-order valence-electron chi connectivity index (χ0n) is 13.3. The lowest BCUT2D eigenvalue weighted by atomic mass is 10.1. The first-order valence-corrected chi connectivity index (χ1v) is 8.48. The van der Waals surface area contributed by atoms with Gasteiger partial charge in [0.05, 0.1) is 18.4 Å². The third-order valence-corrected chi connectivity index (χ3v) is 4.73. The molecule has 0 aliphatic heterocycles. The summed E-state index contributed by atoms with van der Waals surface area (Å²) in [5.41, 5.74) is 3.17. The van der Waals surface area contributed by atoms with E-state index < -0.39 is 0 Å². The van der Waals surface area contributed by atoms with Gasteiger partial charge in [-0.15, -0.1) is 11.3 Å². The molecule has 0 aliphatic rings. The van der Waals surface area contributed by atoms with Crippen LogP contribution in [0.3, 0.4) is 0 Å². The zero-order valence-corrected chi connectivity index (χ0v) is 14.2. The second-order valence-electron chi connectivity index (χ2n) is 5.35. The Balaban J connectivity index is 1.89. The van der Waals surface area contributed by atoms with Crippen LogP contribution < -0.4 is 10.3 Å². The van der Waals surface area contributed by atoms with Crippen LogP contribution in [0.15, 0.2) is 69.6 Å². The molecule has 4 aromatic rings. The Hall–Kier alpha value is -3.12. The second kappa shape index (κ2) is 6.41. The maximum atomic E-state index is 9.39. The van der Waals surface area contributed by atoms with Crippen molar-refractivity contribution in [1.82, 2.24) is 4.98 Å². The molecule has 2 heterocycles. The number of para-hydroxylation sites is 1. The minimum atomic E-state index is 0.103. The van der Waals surface area contributed by atoms with Gasteiger partial charge in [-0.2, -0.15) is 0 Å². The van der Waals surface area contributed by atoms with Crippen molar-refractivity contribution < 1.29 is 14.4 Å². The van der Waals surface area contributed by atoms with Crippen molar-refractivity contribution in [2.45, 2.75) is 0 Å². The summed E-state index contributed by atoms with van der Waals surface area (Å²) in [5, 5.41) is 16.2. The predicted octanol–water partition coefficient (Wildman–Crippen LogP) is 4.52. The Labute approximate surface area is 147 Å². The first kappa shape index (κ1) is 15.4. The van der Waals surface area contributed by atoms with Crippen LogP contribution in [-0.2, 0) is 0 Å². The summed E-state index contributed by atoms with van der Waals surface area (Å²) in [4.78, 5) is 4.66. The van der Waals surface area contributed by atoms with E-state index in [0.29, 0.717) is 16.9 Å². The Bertz CT molecular complexity index is 1100. The highest BCUT2D eigenvalue weighted by atomic mass is 32.1. The lowest BCUT2D eigenvalue weighted by molar-refractivity contribution is 0.276. The van der Waals surface area contributed by atoms with Crippen LogP contribution in [0.1, 0.15) is 0 Å². The Kier molecular flexibility index (Phi) is 3.95. The summed E-state index contributed by atoms with van der Waals surface area (Å²) in [6.07, 6.45) is 0. The molecule has 2 aromatic heterocycles. The third kappa shape index (κ3) is 2.77. The molecule has 0 bridgehead atoms. The maximum absolute atomic E-state index is 9.39. The van der Waals surface area contributed by atoms with Crippen LogP contribution in [0, 0.1) is 0 Å². The minimum absolute atomic E-state index is 0.103. The fourth-order valence-corrected chi connectivity index (χ4v) is 3.49. The smallest absolute Gasteiger partial charge is 0.266 e. The number of ether oxygens (including phenoxy) is 1. The lowest BCUT2D eigenvalue weighted by Gasteiger charge is -2.05. The van der Waals surface area contributed by atoms with E-state index in [1.807, 2.05) is 53.9 Å². The summed E-state index contributed by atoms with van der Waals surface area (Å²) in [6.45, 7) is 0. The van der Waals surface area contributed by atoms with Crippen LogP contribution in [0.5, 0.6) is 5.75 Å². The van der Waals surface area contributed by atoms with Gasteiger partial charge in [-0.05, 0) is 17.3 Å². The maximum Gasteiger partial charge on any atom is 0.266 e. The molecule has 0 aliphatic carbocycles. The van der Waals surface area contributed by atoms with E-state index in [2.05, 4.69) is 10.1 Å². The Morgan fingerprint density at radius 3 is 2.72 bits per heavy atom. The van der Waals surface area contributed by atoms with E-state index >= 15 is 0 Å². The predicted molar refractivity (Wildman–Crippen MR) is 96.7 cm³/mol. The van der Waals surface area contributed by atoms with E-state index in [9.17, 15) is 5.21 Å². The van der Waals surface area contributed by atoms with Crippen LogP contribution in [0.4, 0.5) is 0 Å². The molecular weight excluding hydrogens is 336 g/mol. The highest BCUT2D eigenvalue weighted by molar-refractivity contribution is 7.13. The Morgan fingerprint density at radius 1 is 1.12 bits per heavy atom. The largest absolute Gasteiger partial charge is 0.493 e. The Morgan fingerprint density at radius 2 is 1.96 bits per heavy atom. The fourth-order valence-electron chi connectivity index (χ4n) is 2.65. The van der Waals surface area contributed by atoms with Gasteiger partial charge >= 0.3 is 0 Å². The molecule has 2 aromatic carbocycles. The first-order chi connectivity index (χ1) is 12.3. The van der Waals surface area contributed by atoms with Gasteiger partial charge in [-0.3, -0.25) is 0 Å². The number of fused-ring (bicyclic) bond motifs is 1. The quantitative estimate of drug-likeness (QED) is 0.436. The van der Waals surface area contributed by atoms with Gasteiger partial charge in [0.25, 0.3) is 5.55 Å². The molecule has 0 amide bonds. The third-order valence-electron chi connectivity index (χ3n) is 3.85. The average Bonchev–Trinajstić information content (AvgIpc) is 3.17. The first-order valence-electron chi connectivity index (χ1n) is 7.60.